The Morgan fingerprint density at radius 1 is 0.950 bits per heavy atom. The summed E-state index contributed by atoms with van der Waals surface area (Å²) in [5.74, 6) is -0.204. The predicted molar refractivity (Wildman–Crippen MR) is 154 cm³/mol. The van der Waals surface area contributed by atoms with Gasteiger partial charge in [0.25, 0.3) is 0 Å². The lowest BCUT2D eigenvalue weighted by atomic mass is 10.0. The molecule has 0 saturated carbocycles. The topological polar surface area (TPSA) is 105 Å². The summed E-state index contributed by atoms with van der Waals surface area (Å²) >= 11 is 6.08. The van der Waals surface area contributed by atoms with Crippen molar-refractivity contribution in [2.24, 2.45) is 0 Å². The lowest BCUT2D eigenvalue weighted by Gasteiger charge is -2.33. The number of rotatable bonds is 12. The number of benzene rings is 3. The number of hydrogen-bond donors (Lipinski definition) is 1. The number of ether oxygens (including phenoxy) is 2. The number of fused-ring (bicyclic) bond motifs is 1. The van der Waals surface area contributed by atoms with Crippen LogP contribution in [0.25, 0.3) is 0 Å². The Morgan fingerprint density at radius 2 is 1.65 bits per heavy atom. The molecule has 1 aliphatic heterocycles. The quantitative estimate of drug-likeness (QED) is 0.344. The molecular weight excluding hydrogens is 554 g/mol. The molecule has 3 aromatic rings. The Bertz CT molecular complexity index is 1430. The van der Waals surface area contributed by atoms with Gasteiger partial charge in [0.2, 0.25) is 28.6 Å². The molecule has 9 nitrogen and oxygen atoms in total. The minimum atomic E-state index is -3.88. The van der Waals surface area contributed by atoms with E-state index in [-0.39, 0.29) is 37.1 Å². The van der Waals surface area contributed by atoms with Crippen molar-refractivity contribution in [1.29, 1.82) is 0 Å². The lowest BCUT2D eigenvalue weighted by Crippen LogP contribution is -2.53. The Morgan fingerprint density at radius 3 is 2.33 bits per heavy atom. The van der Waals surface area contributed by atoms with Gasteiger partial charge in [0.1, 0.15) is 12.6 Å². The first kappa shape index (κ1) is 29.2. The zero-order valence-corrected chi connectivity index (χ0v) is 24.0. The fraction of sp³-hybridized carbons (Fsp3) is 0.310. The van der Waals surface area contributed by atoms with Crippen LogP contribution < -0.4 is 19.1 Å². The number of hydrogen-bond acceptors (Lipinski definition) is 6. The zero-order valence-electron chi connectivity index (χ0n) is 22.4. The summed E-state index contributed by atoms with van der Waals surface area (Å²) in [6.07, 6.45) is 0.247. The Hall–Kier alpha value is -3.76. The number of sulfonamides is 1. The lowest BCUT2D eigenvalue weighted by molar-refractivity contribution is -0.140. The Labute approximate surface area is 239 Å². The predicted octanol–water partition coefficient (Wildman–Crippen LogP) is 4.00. The molecule has 0 aliphatic carbocycles. The summed E-state index contributed by atoms with van der Waals surface area (Å²) in [4.78, 5) is 28.9. The van der Waals surface area contributed by atoms with E-state index in [0.717, 1.165) is 15.4 Å². The highest BCUT2D eigenvalue weighted by Gasteiger charge is 2.34. The molecule has 0 spiro atoms. The minimum Gasteiger partial charge on any atom is -0.454 e. The smallest absolute Gasteiger partial charge is 0.244 e. The summed E-state index contributed by atoms with van der Waals surface area (Å²) in [7, 11) is -3.88. The average molecular weight is 586 g/mol. The van der Waals surface area contributed by atoms with Gasteiger partial charge >= 0.3 is 0 Å². The molecule has 1 heterocycles. The van der Waals surface area contributed by atoms with Crippen molar-refractivity contribution in [3.8, 4) is 11.5 Å². The molecule has 0 aromatic heterocycles. The molecule has 1 N–H and O–H groups in total. The van der Waals surface area contributed by atoms with Crippen molar-refractivity contribution in [3.63, 3.8) is 0 Å². The van der Waals surface area contributed by atoms with Gasteiger partial charge in [-0.05, 0) is 49.2 Å². The maximum Gasteiger partial charge on any atom is 0.244 e. The molecule has 1 aliphatic rings. The highest BCUT2D eigenvalue weighted by Crippen LogP contribution is 2.36. The highest BCUT2D eigenvalue weighted by atomic mass is 35.5. The van der Waals surface area contributed by atoms with Crippen LogP contribution in [-0.4, -0.2) is 56.8 Å². The largest absolute Gasteiger partial charge is 0.454 e. The third kappa shape index (κ3) is 7.05. The fourth-order valence-corrected chi connectivity index (χ4v) is 5.57. The van der Waals surface area contributed by atoms with Crippen LogP contribution in [0, 0.1) is 0 Å². The molecule has 40 heavy (non-hydrogen) atoms. The first-order chi connectivity index (χ1) is 19.2. The van der Waals surface area contributed by atoms with Crippen LogP contribution in [0.4, 0.5) is 5.69 Å². The molecular formula is C29H32ClN3O6S. The van der Waals surface area contributed by atoms with Crippen LogP contribution in [0.5, 0.6) is 11.5 Å². The van der Waals surface area contributed by atoms with Gasteiger partial charge in [-0.3, -0.25) is 13.9 Å². The molecule has 0 bridgehead atoms. The molecule has 0 fully saturated rings. The highest BCUT2D eigenvalue weighted by molar-refractivity contribution is 7.92. The van der Waals surface area contributed by atoms with Crippen LogP contribution in [0.2, 0.25) is 5.02 Å². The molecule has 3 aromatic carbocycles. The summed E-state index contributed by atoms with van der Waals surface area (Å²) in [5.41, 5.74) is 1.87. The van der Waals surface area contributed by atoms with E-state index in [4.69, 9.17) is 21.1 Å². The second-order valence-electron chi connectivity index (χ2n) is 9.19. The zero-order chi connectivity index (χ0) is 28.7. The van der Waals surface area contributed by atoms with Crippen LogP contribution >= 0.6 is 11.6 Å². The van der Waals surface area contributed by atoms with Gasteiger partial charge < -0.3 is 19.7 Å². The number of nitrogens with one attached hydrogen (secondary N) is 1. The van der Waals surface area contributed by atoms with E-state index in [1.807, 2.05) is 30.3 Å². The number of amides is 2. The molecule has 0 unspecified atom stereocenters. The van der Waals surface area contributed by atoms with E-state index in [9.17, 15) is 18.0 Å². The first-order valence-electron chi connectivity index (χ1n) is 13.0. The number of carbonyl (C=O) groups is 2. The molecule has 0 radical (unpaired) electrons. The van der Waals surface area contributed by atoms with Gasteiger partial charge in [0.05, 0.1) is 11.4 Å². The SMILES string of the molecule is CCNC(=O)[C@H](Cc1ccccc1)N(Cc1ccc(Cl)cc1)C(=O)CN(c1ccc2c(c1)OCO2)S(=O)(=O)CC. The second kappa shape index (κ2) is 13.1. The third-order valence-corrected chi connectivity index (χ3v) is 8.50. The van der Waals surface area contributed by atoms with Crippen molar-refractivity contribution in [2.45, 2.75) is 32.9 Å². The molecule has 212 valence electrons. The number of nitrogens with zero attached hydrogens (tertiary/aromatic N) is 2. The Balaban J connectivity index is 1.73. The van der Waals surface area contributed by atoms with Crippen LogP contribution in [-0.2, 0) is 32.6 Å². The second-order valence-corrected chi connectivity index (χ2v) is 11.8. The van der Waals surface area contributed by atoms with E-state index in [0.29, 0.717) is 23.1 Å². The van der Waals surface area contributed by atoms with Gasteiger partial charge in [0.15, 0.2) is 11.5 Å². The van der Waals surface area contributed by atoms with E-state index in [1.54, 1.807) is 43.3 Å². The molecule has 1 atom stereocenters. The van der Waals surface area contributed by atoms with E-state index in [2.05, 4.69) is 5.32 Å². The van der Waals surface area contributed by atoms with Gasteiger partial charge in [-0.2, -0.15) is 0 Å². The molecule has 2 amide bonds. The summed E-state index contributed by atoms with van der Waals surface area (Å²) in [6, 6.07) is 20.2. The van der Waals surface area contributed by atoms with Crippen LogP contribution in [0.15, 0.2) is 72.8 Å². The van der Waals surface area contributed by atoms with Gasteiger partial charge in [-0.15, -0.1) is 0 Å². The number of carbonyl (C=O) groups excluding carboxylic acids is 2. The van der Waals surface area contributed by atoms with Gasteiger partial charge in [0, 0.05) is 30.6 Å². The summed E-state index contributed by atoms with van der Waals surface area (Å²) in [6.45, 7) is 3.29. The number of halogens is 1. The average Bonchev–Trinajstić information content (AvgIpc) is 3.43. The normalized spacial score (nSPS) is 13.0. The van der Waals surface area contributed by atoms with E-state index < -0.39 is 28.5 Å². The monoisotopic (exact) mass is 585 g/mol. The van der Waals surface area contributed by atoms with Crippen molar-refractivity contribution in [2.75, 3.05) is 29.9 Å². The maximum atomic E-state index is 14.1. The number of anilines is 1. The van der Waals surface area contributed by atoms with Crippen molar-refractivity contribution in [3.05, 3.63) is 88.9 Å². The third-order valence-electron chi connectivity index (χ3n) is 6.51. The standard InChI is InChI=1S/C29H32ClN3O6S/c1-3-31-29(35)25(16-21-8-6-5-7-9-21)32(18-22-10-12-23(30)13-11-22)28(34)19-33(40(36,37)4-2)24-14-15-26-27(17-24)39-20-38-26/h5-15,17,25H,3-4,16,18-20H2,1-2H3,(H,31,35)/t25-/m0/s1. The van der Waals surface area contributed by atoms with Crippen molar-refractivity contribution >= 4 is 39.1 Å². The first-order valence-corrected chi connectivity index (χ1v) is 15.0. The van der Waals surface area contributed by atoms with Gasteiger partial charge in [-0.25, -0.2) is 8.42 Å². The molecule has 4 rings (SSSR count). The van der Waals surface area contributed by atoms with E-state index in [1.165, 1.54) is 17.9 Å². The number of likely N-dealkylation sites (N-methyl/N-ethyl adjacent to an activating group) is 1. The molecule has 0 saturated heterocycles. The van der Waals surface area contributed by atoms with Gasteiger partial charge in [-0.1, -0.05) is 54.1 Å². The van der Waals surface area contributed by atoms with Crippen LogP contribution in [0.3, 0.4) is 0 Å². The minimum absolute atomic E-state index is 0.0286. The van der Waals surface area contributed by atoms with E-state index >= 15 is 0 Å². The van der Waals surface area contributed by atoms with Crippen LogP contribution in [0.1, 0.15) is 25.0 Å². The Kier molecular flexibility index (Phi) is 9.54. The fourth-order valence-electron chi connectivity index (χ4n) is 4.39. The summed E-state index contributed by atoms with van der Waals surface area (Å²) < 4.78 is 38.3. The van der Waals surface area contributed by atoms with Crippen molar-refractivity contribution < 1.29 is 27.5 Å². The maximum absolute atomic E-state index is 14.1. The molecule has 11 heteroatoms. The summed E-state index contributed by atoms with van der Waals surface area (Å²) in [5, 5.41) is 3.37. The van der Waals surface area contributed by atoms with Crippen molar-refractivity contribution in [1.82, 2.24) is 10.2 Å².